The first-order chi connectivity index (χ1) is 15.9. The Balaban J connectivity index is 1.18. The zero-order valence-corrected chi connectivity index (χ0v) is 20.7. The number of rotatable bonds is 9. The van der Waals surface area contributed by atoms with Crippen molar-refractivity contribution in [3.05, 3.63) is 65.7 Å². The molecule has 4 aliphatic rings. The molecular formula is C30H41NO2. The van der Waals surface area contributed by atoms with Gasteiger partial charge < -0.3 is 9.84 Å². The van der Waals surface area contributed by atoms with E-state index in [-0.39, 0.29) is 5.41 Å². The number of benzene rings is 2. The first-order valence-electron chi connectivity index (χ1n) is 13.1. The lowest BCUT2D eigenvalue weighted by Crippen LogP contribution is -2.61. The van der Waals surface area contributed by atoms with Gasteiger partial charge in [0, 0.05) is 17.5 Å². The van der Waals surface area contributed by atoms with Crippen LogP contribution in [0.4, 0.5) is 0 Å². The molecule has 0 aliphatic heterocycles. The average Bonchev–Trinajstić information content (AvgIpc) is 2.81. The Morgan fingerprint density at radius 1 is 0.909 bits per heavy atom. The summed E-state index contributed by atoms with van der Waals surface area (Å²) in [6.07, 6.45) is 7.95. The van der Waals surface area contributed by atoms with E-state index in [1.807, 2.05) is 12.1 Å². The summed E-state index contributed by atoms with van der Waals surface area (Å²) < 4.78 is 6.03. The third-order valence-electron chi connectivity index (χ3n) is 9.00. The molecule has 2 aromatic rings. The molecular weight excluding hydrogens is 406 g/mol. The van der Waals surface area contributed by atoms with E-state index in [1.165, 1.54) is 49.7 Å². The van der Waals surface area contributed by atoms with Crippen LogP contribution in [-0.2, 0) is 5.41 Å². The van der Waals surface area contributed by atoms with E-state index < -0.39 is 6.10 Å². The second-order valence-corrected chi connectivity index (χ2v) is 11.7. The standard InChI is InChI=1S/C30H41NO2/c1-4-31(30-17-22-14-23(18-30)16-24(15-22)19-30)20-27(32)21-33-28-12-10-26(11-13-28)29(2,3)25-8-6-5-7-9-25/h5-13,22-24,27,32H,4,14-21H2,1-3H3/t22?,23?,24?,27-,30?/m1/s1. The number of aliphatic hydroxyl groups is 1. The summed E-state index contributed by atoms with van der Waals surface area (Å²) in [5.41, 5.74) is 2.85. The van der Waals surface area contributed by atoms with E-state index in [0.29, 0.717) is 12.1 Å². The molecule has 6 rings (SSSR count). The van der Waals surface area contributed by atoms with Crippen molar-refractivity contribution in [1.82, 2.24) is 4.90 Å². The largest absolute Gasteiger partial charge is 0.491 e. The van der Waals surface area contributed by atoms with Gasteiger partial charge >= 0.3 is 0 Å². The van der Waals surface area contributed by atoms with Crippen LogP contribution in [0.25, 0.3) is 0 Å². The van der Waals surface area contributed by atoms with Gasteiger partial charge in [-0.15, -0.1) is 0 Å². The highest BCUT2D eigenvalue weighted by Crippen LogP contribution is 2.57. The van der Waals surface area contributed by atoms with Crippen LogP contribution in [0.15, 0.2) is 54.6 Å². The van der Waals surface area contributed by atoms with E-state index in [4.69, 9.17) is 4.74 Å². The van der Waals surface area contributed by atoms with E-state index in [9.17, 15) is 5.11 Å². The lowest BCUT2D eigenvalue weighted by atomic mass is 9.52. The molecule has 0 unspecified atom stereocenters. The molecule has 4 bridgehead atoms. The fourth-order valence-corrected chi connectivity index (χ4v) is 7.60. The molecule has 4 fully saturated rings. The van der Waals surface area contributed by atoms with Crippen molar-refractivity contribution in [2.75, 3.05) is 19.7 Å². The molecule has 0 radical (unpaired) electrons. The van der Waals surface area contributed by atoms with Crippen molar-refractivity contribution in [2.45, 2.75) is 76.4 Å². The number of likely N-dealkylation sites (N-methyl/N-ethyl adjacent to an activating group) is 1. The van der Waals surface area contributed by atoms with Crippen molar-refractivity contribution >= 4 is 0 Å². The predicted molar refractivity (Wildman–Crippen MR) is 135 cm³/mol. The Labute approximate surface area is 200 Å². The average molecular weight is 448 g/mol. The molecule has 0 saturated heterocycles. The van der Waals surface area contributed by atoms with Crippen molar-refractivity contribution in [3.63, 3.8) is 0 Å². The zero-order valence-electron chi connectivity index (χ0n) is 20.7. The van der Waals surface area contributed by atoms with E-state index in [1.54, 1.807) is 0 Å². The number of hydrogen-bond donors (Lipinski definition) is 1. The monoisotopic (exact) mass is 447 g/mol. The summed E-state index contributed by atoms with van der Waals surface area (Å²) in [5, 5.41) is 10.9. The summed E-state index contributed by atoms with van der Waals surface area (Å²) in [5.74, 6) is 3.62. The lowest BCUT2D eigenvalue weighted by Gasteiger charge is -2.60. The van der Waals surface area contributed by atoms with E-state index >= 15 is 0 Å². The lowest BCUT2D eigenvalue weighted by molar-refractivity contribution is -0.0995. The van der Waals surface area contributed by atoms with Crippen LogP contribution in [-0.4, -0.2) is 41.3 Å². The molecule has 0 heterocycles. The van der Waals surface area contributed by atoms with Crippen LogP contribution in [0.3, 0.4) is 0 Å². The number of aliphatic hydroxyl groups excluding tert-OH is 1. The molecule has 4 saturated carbocycles. The van der Waals surface area contributed by atoms with Crippen LogP contribution in [0, 0.1) is 17.8 Å². The molecule has 2 aromatic carbocycles. The minimum absolute atomic E-state index is 0.0568. The summed E-state index contributed by atoms with van der Waals surface area (Å²) >= 11 is 0. The zero-order chi connectivity index (χ0) is 23.1. The van der Waals surface area contributed by atoms with Gasteiger partial charge in [0.1, 0.15) is 18.5 Å². The highest BCUT2D eigenvalue weighted by Gasteiger charge is 2.53. The molecule has 3 heteroatoms. The predicted octanol–water partition coefficient (Wildman–Crippen LogP) is 6.04. The molecule has 1 atom stereocenters. The Morgan fingerprint density at radius 3 is 2.00 bits per heavy atom. The third kappa shape index (κ3) is 4.59. The number of β-amino-alcohol motifs (C(OH)–C–C–N with tert-alkyl or cyclic N) is 1. The number of ether oxygens (including phenoxy) is 1. The Hall–Kier alpha value is -1.84. The highest BCUT2D eigenvalue weighted by atomic mass is 16.5. The van der Waals surface area contributed by atoms with Crippen LogP contribution in [0.5, 0.6) is 5.75 Å². The third-order valence-corrected chi connectivity index (χ3v) is 9.00. The summed E-state index contributed by atoms with van der Waals surface area (Å²) in [6, 6.07) is 19.0. The van der Waals surface area contributed by atoms with Gasteiger partial charge in [-0.2, -0.15) is 0 Å². The normalized spacial score (nSPS) is 29.4. The van der Waals surface area contributed by atoms with Gasteiger partial charge in [0.05, 0.1) is 0 Å². The highest BCUT2D eigenvalue weighted by molar-refractivity contribution is 5.39. The molecule has 33 heavy (non-hydrogen) atoms. The van der Waals surface area contributed by atoms with Gasteiger partial charge in [0.2, 0.25) is 0 Å². The maximum Gasteiger partial charge on any atom is 0.119 e. The molecule has 178 valence electrons. The topological polar surface area (TPSA) is 32.7 Å². The van der Waals surface area contributed by atoms with Crippen LogP contribution >= 0.6 is 0 Å². The summed E-state index contributed by atoms with van der Waals surface area (Å²) in [7, 11) is 0. The Kier molecular flexibility index (Phi) is 6.30. The summed E-state index contributed by atoms with van der Waals surface area (Å²) in [6.45, 7) is 8.87. The molecule has 4 aliphatic carbocycles. The smallest absolute Gasteiger partial charge is 0.119 e. The minimum Gasteiger partial charge on any atom is -0.491 e. The first-order valence-corrected chi connectivity index (χ1v) is 13.1. The fourth-order valence-electron chi connectivity index (χ4n) is 7.60. The maximum atomic E-state index is 10.9. The van der Waals surface area contributed by atoms with Gasteiger partial charge in [-0.25, -0.2) is 0 Å². The van der Waals surface area contributed by atoms with Gasteiger partial charge in [-0.3, -0.25) is 4.90 Å². The van der Waals surface area contributed by atoms with Crippen LogP contribution < -0.4 is 4.74 Å². The SMILES string of the molecule is CCN(C[C@@H](O)COc1ccc(C(C)(C)c2ccccc2)cc1)C12CC3CC(CC(C3)C1)C2. The van der Waals surface area contributed by atoms with Gasteiger partial charge in [0.15, 0.2) is 0 Å². The first kappa shape index (κ1) is 22.9. The second-order valence-electron chi connectivity index (χ2n) is 11.7. The van der Waals surface area contributed by atoms with Gasteiger partial charge in [-0.1, -0.05) is 63.2 Å². The molecule has 1 N–H and O–H groups in total. The number of nitrogens with zero attached hydrogens (tertiary/aromatic N) is 1. The van der Waals surface area contributed by atoms with E-state index in [2.05, 4.69) is 68.1 Å². The molecule has 3 nitrogen and oxygen atoms in total. The Bertz CT molecular complexity index is 885. The van der Waals surface area contributed by atoms with E-state index in [0.717, 1.165) is 36.6 Å². The van der Waals surface area contributed by atoms with Crippen molar-refractivity contribution < 1.29 is 9.84 Å². The second kappa shape index (κ2) is 9.07. The molecule has 0 spiro atoms. The van der Waals surface area contributed by atoms with Crippen molar-refractivity contribution in [3.8, 4) is 5.75 Å². The summed E-state index contributed by atoms with van der Waals surface area (Å²) in [4.78, 5) is 2.61. The van der Waals surface area contributed by atoms with Crippen LogP contribution in [0.2, 0.25) is 0 Å². The van der Waals surface area contributed by atoms with Crippen molar-refractivity contribution in [2.24, 2.45) is 17.8 Å². The number of hydrogen-bond acceptors (Lipinski definition) is 3. The quantitative estimate of drug-likeness (QED) is 0.508. The van der Waals surface area contributed by atoms with Gasteiger partial charge in [0.25, 0.3) is 0 Å². The molecule has 0 amide bonds. The fraction of sp³-hybridized carbons (Fsp3) is 0.600. The van der Waals surface area contributed by atoms with Crippen LogP contribution in [0.1, 0.15) is 70.4 Å². The van der Waals surface area contributed by atoms with Gasteiger partial charge in [-0.05, 0) is 86.1 Å². The molecule has 0 aromatic heterocycles. The Morgan fingerprint density at radius 2 is 1.45 bits per heavy atom. The van der Waals surface area contributed by atoms with Crippen molar-refractivity contribution in [1.29, 1.82) is 0 Å². The minimum atomic E-state index is -0.460. The maximum absolute atomic E-state index is 10.9.